The maximum atomic E-state index is 10.9. The first-order chi connectivity index (χ1) is 6.31. The van der Waals surface area contributed by atoms with Gasteiger partial charge in [0, 0.05) is 11.6 Å². The highest BCUT2D eigenvalue weighted by Crippen LogP contribution is 2.07. The molecule has 0 saturated carbocycles. The summed E-state index contributed by atoms with van der Waals surface area (Å²) >= 11 is 4.87. The molecule has 0 fully saturated rings. The number of ether oxygens (including phenoxy) is 1. The molecule has 0 rings (SSSR count). The zero-order valence-corrected chi connectivity index (χ0v) is 9.09. The minimum Gasteiger partial charge on any atom is -0.453 e. The van der Waals surface area contributed by atoms with Crippen molar-refractivity contribution >= 4 is 23.0 Å². The second-order valence-corrected chi connectivity index (χ2v) is 3.80. The molecule has 82 valence electrons. The standard InChI is InChI=1S/C8H13ClO5/c1-8(2,3)14-13-6(10)4-5-12-7(9)11/h4-5H2,1-3H3. The molecule has 0 N–H and O–H groups in total. The summed E-state index contributed by atoms with van der Waals surface area (Å²) < 4.78 is 4.31. The van der Waals surface area contributed by atoms with E-state index >= 15 is 0 Å². The van der Waals surface area contributed by atoms with E-state index in [0.29, 0.717) is 0 Å². The number of rotatable bonds is 4. The van der Waals surface area contributed by atoms with Crippen LogP contribution in [-0.2, 0) is 19.3 Å². The van der Waals surface area contributed by atoms with Crippen molar-refractivity contribution < 1.29 is 24.1 Å². The van der Waals surface area contributed by atoms with Gasteiger partial charge < -0.3 is 4.74 Å². The van der Waals surface area contributed by atoms with Crippen LogP contribution in [0.4, 0.5) is 4.79 Å². The molecule has 0 aliphatic heterocycles. The molecule has 6 heteroatoms. The minimum atomic E-state index is -0.950. The molecule has 5 nitrogen and oxygen atoms in total. The van der Waals surface area contributed by atoms with E-state index in [-0.39, 0.29) is 13.0 Å². The Balaban J connectivity index is 3.52. The fourth-order valence-corrected chi connectivity index (χ4v) is 0.505. The van der Waals surface area contributed by atoms with E-state index in [4.69, 9.17) is 16.5 Å². The van der Waals surface area contributed by atoms with E-state index < -0.39 is 17.0 Å². The van der Waals surface area contributed by atoms with Gasteiger partial charge in [-0.05, 0) is 20.8 Å². The van der Waals surface area contributed by atoms with Gasteiger partial charge in [-0.2, -0.15) is 4.89 Å². The van der Waals surface area contributed by atoms with Crippen molar-refractivity contribution in [3.8, 4) is 0 Å². The Morgan fingerprint density at radius 3 is 2.29 bits per heavy atom. The molecular weight excluding hydrogens is 212 g/mol. The third-order valence-electron chi connectivity index (χ3n) is 0.906. The van der Waals surface area contributed by atoms with Gasteiger partial charge in [-0.1, -0.05) is 0 Å². The van der Waals surface area contributed by atoms with Crippen LogP contribution in [-0.4, -0.2) is 23.6 Å². The van der Waals surface area contributed by atoms with Crippen LogP contribution in [0.25, 0.3) is 0 Å². The van der Waals surface area contributed by atoms with E-state index in [0.717, 1.165) is 0 Å². The Bertz CT molecular complexity index is 208. The topological polar surface area (TPSA) is 61.8 Å². The summed E-state index contributed by atoms with van der Waals surface area (Å²) in [6.45, 7) is 5.09. The number of hydrogen-bond acceptors (Lipinski definition) is 5. The first kappa shape index (κ1) is 13.2. The largest absolute Gasteiger partial charge is 0.453 e. The van der Waals surface area contributed by atoms with Crippen LogP contribution in [0, 0.1) is 0 Å². The van der Waals surface area contributed by atoms with Gasteiger partial charge in [0.1, 0.15) is 12.2 Å². The van der Waals surface area contributed by atoms with Crippen molar-refractivity contribution in [1.82, 2.24) is 0 Å². The van der Waals surface area contributed by atoms with Gasteiger partial charge in [-0.25, -0.2) is 9.59 Å². The summed E-state index contributed by atoms with van der Waals surface area (Å²) in [5.41, 5.74) is -1.51. The highest BCUT2D eigenvalue weighted by Gasteiger charge is 2.15. The zero-order valence-electron chi connectivity index (χ0n) is 8.33. The minimum absolute atomic E-state index is 0.0888. The van der Waals surface area contributed by atoms with Crippen LogP contribution < -0.4 is 0 Å². The predicted molar refractivity (Wildman–Crippen MR) is 48.7 cm³/mol. The van der Waals surface area contributed by atoms with Gasteiger partial charge in [-0.3, -0.25) is 4.89 Å². The lowest BCUT2D eigenvalue weighted by atomic mass is 10.2. The van der Waals surface area contributed by atoms with Gasteiger partial charge in [0.05, 0.1) is 6.42 Å². The Morgan fingerprint density at radius 1 is 1.29 bits per heavy atom. The molecule has 0 bridgehead atoms. The predicted octanol–water partition coefficient (Wildman–Crippen LogP) is 2.03. The Hall–Kier alpha value is -0.810. The van der Waals surface area contributed by atoms with Crippen molar-refractivity contribution in [1.29, 1.82) is 0 Å². The molecule has 0 aromatic rings. The van der Waals surface area contributed by atoms with Gasteiger partial charge in [0.25, 0.3) is 0 Å². The summed E-state index contributed by atoms with van der Waals surface area (Å²) in [6, 6.07) is 0. The maximum Gasteiger partial charge on any atom is 0.403 e. The Kier molecular flexibility index (Phi) is 5.49. The number of carbonyl (C=O) groups excluding carboxylic acids is 2. The first-order valence-electron chi connectivity index (χ1n) is 4.02. The van der Waals surface area contributed by atoms with Crippen molar-refractivity contribution in [3.05, 3.63) is 0 Å². The number of carbonyl (C=O) groups is 2. The summed E-state index contributed by atoms with van der Waals surface area (Å²) in [7, 11) is 0. The lowest BCUT2D eigenvalue weighted by molar-refractivity contribution is -0.320. The summed E-state index contributed by atoms with van der Waals surface area (Å²) in [6.07, 6.45) is -0.0888. The van der Waals surface area contributed by atoms with Crippen LogP contribution in [0.15, 0.2) is 0 Å². The molecule has 0 radical (unpaired) electrons. The van der Waals surface area contributed by atoms with Crippen LogP contribution in [0.2, 0.25) is 0 Å². The summed E-state index contributed by atoms with van der Waals surface area (Å²) in [5.74, 6) is -0.613. The fraction of sp³-hybridized carbons (Fsp3) is 0.750. The normalized spacial score (nSPS) is 10.9. The average Bonchev–Trinajstić information content (AvgIpc) is 1.99. The van der Waals surface area contributed by atoms with E-state index in [1.807, 2.05) is 0 Å². The highest BCUT2D eigenvalue weighted by molar-refractivity contribution is 6.61. The molecule has 0 heterocycles. The SMILES string of the molecule is CC(C)(C)OOC(=O)CCOC(=O)Cl. The van der Waals surface area contributed by atoms with E-state index in [1.165, 1.54) is 0 Å². The van der Waals surface area contributed by atoms with Crippen LogP contribution in [0.5, 0.6) is 0 Å². The van der Waals surface area contributed by atoms with E-state index in [1.54, 1.807) is 20.8 Å². The molecule has 0 aliphatic rings. The molecule has 0 unspecified atom stereocenters. The third-order valence-corrected chi connectivity index (χ3v) is 1.02. The molecule has 0 amide bonds. The van der Waals surface area contributed by atoms with Gasteiger partial charge in [0.2, 0.25) is 0 Å². The van der Waals surface area contributed by atoms with E-state index in [2.05, 4.69) is 9.62 Å². The van der Waals surface area contributed by atoms with Crippen molar-refractivity contribution in [2.45, 2.75) is 32.8 Å². The number of halogens is 1. The third kappa shape index (κ3) is 9.28. The van der Waals surface area contributed by atoms with Crippen molar-refractivity contribution in [2.75, 3.05) is 6.61 Å². The van der Waals surface area contributed by atoms with Gasteiger partial charge in [-0.15, -0.1) is 0 Å². The van der Waals surface area contributed by atoms with Crippen LogP contribution in [0.3, 0.4) is 0 Å². The fourth-order valence-electron chi connectivity index (χ4n) is 0.428. The quantitative estimate of drug-likeness (QED) is 0.415. The molecule has 0 aliphatic carbocycles. The van der Waals surface area contributed by atoms with Gasteiger partial charge in [0.15, 0.2) is 0 Å². The molecule has 14 heavy (non-hydrogen) atoms. The zero-order chi connectivity index (χ0) is 11.2. The smallest absolute Gasteiger partial charge is 0.403 e. The van der Waals surface area contributed by atoms with E-state index in [9.17, 15) is 9.59 Å². The Morgan fingerprint density at radius 2 is 1.86 bits per heavy atom. The second kappa shape index (κ2) is 5.82. The monoisotopic (exact) mass is 224 g/mol. The highest BCUT2D eigenvalue weighted by atomic mass is 35.5. The van der Waals surface area contributed by atoms with Crippen LogP contribution in [0.1, 0.15) is 27.2 Å². The molecule has 0 aromatic heterocycles. The average molecular weight is 225 g/mol. The second-order valence-electron chi connectivity index (χ2n) is 3.49. The number of hydrogen-bond donors (Lipinski definition) is 0. The lowest BCUT2D eigenvalue weighted by Gasteiger charge is -2.16. The van der Waals surface area contributed by atoms with Crippen LogP contribution >= 0.6 is 11.6 Å². The molecule has 0 saturated heterocycles. The van der Waals surface area contributed by atoms with Gasteiger partial charge >= 0.3 is 11.4 Å². The first-order valence-corrected chi connectivity index (χ1v) is 4.40. The maximum absolute atomic E-state index is 10.9. The van der Waals surface area contributed by atoms with Crippen molar-refractivity contribution in [3.63, 3.8) is 0 Å². The molecule has 0 atom stereocenters. The Labute approximate surface area is 87.2 Å². The summed E-state index contributed by atoms with van der Waals surface area (Å²) in [5, 5.41) is 0. The lowest BCUT2D eigenvalue weighted by Crippen LogP contribution is -2.22. The summed E-state index contributed by atoms with van der Waals surface area (Å²) in [4.78, 5) is 30.1. The van der Waals surface area contributed by atoms with Crippen molar-refractivity contribution in [2.24, 2.45) is 0 Å². The molecular formula is C8H13ClO5. The molecule has 0 spiro atoms. The molecule has 0 aromatic carbocycles.